The lowest BCUT2D eigenvalue weighted by Gasteiger charge is -2.25. The first kappa shape index (κ1) is 9.77. The fourth-order valence-corrected chi connectivity index (χ4v) is 1.38. The van der Waals surface area contributed by atoms with Crippen LogP contribution in [0.1, 0.15) is 41.9 Å². The third kappa shape index (κ3) is 3.54. The van der Waals surface area contributed by atoms with Crippen molar-refractivity contribution in [1.82, 2.24) is 10.4 Å². The van der Waals surface area contributed by atoms with E-state index in [9.17, 15) is 4.79 Å². The van der Waals surface area contributed by atoms with Crippen molar-refractivity contribution in [2.75, 3.05) is 6.54 Å². The molecule has 0 bridgehead atoms. The van der Waals surface area contributed by atoms with Crippen LogP contribution in [0.15, 0.2) is 0 Å². The van der Waals surface area contributed by atoms with Crippen LogP contribution in [0.25, 0.3) is 0 Å². The topological polar surface area (TPSA) is 41.6 Å². The molecule has 0 radical (unpaired) electrons. The normalized spacial score (nSPS) is 29.9. The molecule has 1 aliphatic heterocycles. The lowest BCUT2D eigenvalue weighted by Crippen LogP contribution is -2.46. The highest BCUT2D eigenvalue weighted by molar-refractivity contribution is 5.67. The number of hydrogen-bond acceptors (Lipinski definition) is 3. The predicted octanol–water partition coefficient (Wildman–Crippen LogP) is 1.91. The molecular formula is C10H20N2O2. The summed E-state index contributed by atoms with van der Waals surface area (Å²) in [4.78, 5) is 11.4. The van der Waals surface area contributed by atoms with Gasteiger partial charge < -0.3 is 4.74 Å². The Kier molecular flexibility index (Phi) is 2.91. The minimum Gasteiger partial charge on any atom is -0.443 e. The summed E-state index contributed by atoms with van der Waals surface area (Å²) in [6, 6.07) is -0.711. The summed E-state index contributed by atoms with van der Waals surface area (Å²) in [5.74, 6) is 0. The molecule has 0 unspecified atom stereocenters. The second kappa shape index (κ2) is 4.17. The third-order valence-corrected chi connectivity index (χ3v) is 2.01. The Labute approximate surface area is 87.0 Å². The molecule has 82 valence electrons. The maximum atomic E-state index is 11.4. The summed E-state index contributed by atoms with van der Waals surface area (Å²) in [7, 11) is 0. The zero-order chi connectivity index (χ0) is 11.7. The molecular weight excluding hydrogens is 180 g/mol. The molecule has 0 spiro atoms. The van der Waals surface area contributed by atoms with Crippen LogP contribution < -0.4 is 5.43 Å². The largest absolute Gasteiger partial charge is 0.443 e. The first-order valence-corrected chi connectivity index (χ1v) is 4.98. The van der Waals surface area contributed by atoms with Gasteiger partial charge in [-0.2, -0.15) is 0 Å². The van der Waals surface area contributed by atoms with Gasteiger partial charge in [0, 0.05) is 13.9 Å². The minimum atomic E-state index is -0.711. The fraction of sp³-hybridized carbons (Fsp3) is 0.900. The van der Waals surface area contributed by atoms with E-state index >= 15 is 0 Å². The molecule has 0 aromatic rings. The first-order chi connectivity index (χ1) is 6.71. The van der Waals surface area contributed by atoms with Crippen molar-refractivity contribution in [3.63, 3.8) is 0 Å². The third-order valence-electron chi connectivity index (χ3n) is 2.01. The number of rotatable bonds is 1. The van der Waals surface area contributed by atoms with E-state index in [0.29, 0.717) is 6.54 Å². The Morgan fingerprint density at radius 3 is 2.71 bits per heavy atom. The highest BCUT2D eigenvalue weighted by Gasteiger charge is 2.24. The van der Waals surface area contributed by atoms with E-state index < -0.39 is 17.7 Å². The van der Waals surface area contributed by atoms with Crippen molar-refractivity contribution in [2.24, 2.45) is 0 Å². The molecule has 0 aromatic carbocycles. The zero-order valence-corrected chi connectivity index (χ0v) is 9.39. The summed E-state index contributed by atoms with van der Waals surface area (Å²) >= 11 is 0. The Hall–Kier alpha value is -0.770. The molecule has 1 atom stereocenters. The van der Waals surface area contributed by atoms with Crippen molar-refractivity contribution in [3.05, 3.63) is 0 Å². The Balaban J connectivity index is 2.45. The van der Waals surface area contributed by atoms with Crippen LogP contribution >= 0.6 is 0 Å². The quantitative estimate of drug-likeness (QED) is 0.704. The lowest BCUT2D eigenvalue weighted by atomic mass is 10.2. The molecule has 1 amide bonds. The van der Waals surface area contributed by atoms with Gasteiger partial charge in [-0.05, 0) is 40.5 Å². The monoisotopic (exact) mass is 201 g/mol. The minimum absolute atomic E-state index is 0.483. The Morgan fingerprint density at radius 1 is 1.64 bits per heavy atom. The predicted molar refractivity (Wildman–Crippen MR) is 54.8 cm³/mol. The van der Waals surface area contributed by atoms with Gasteiger partial charge in [-0.25, -0.2) is 9.80 Å². The van der Waals surface area contributed by atoms with Gasteiger partial charge in [-0.3, -0.25) is 5.43 Å². The standard InChI is InChI=1S/C10H20N2O2/c1-8-6-5-7-12(8)11-9(13)14-10(2,3)4/h8H,5-7H2,1-4H3,(H,11,13)/t8-/m1/s1/i8D. The second-order valence-corrected chi connectivity index (χ2v) is 4.60. The van der Waals surface area contributed by atoms with Crippen LogP contribution in [0.5, 0.6) is 0 Å². The van der Waals surface area contributed by atoms with E-state index in [1.54, 1.807) is 11.9 Å². The van der Waals surface area contributed by atoms with Crippen molar-refractivity contribution in [2.45, 2.75) is 52.2 Å². The van der Waals surface area contributed by atoms with E-state index in [-0.39, 0.29) is 0 Å². The van der Waals surface area contributed by atoms with Crippen molar-refractivity contribution in [3.8, 4) is 0 Å². The molecule has 4 nitrogen and oxygen atoms in total. The molecule has 0 saturated carbocycles. The molecule has 1 N–H and O–H groups in total. The summed E-state index contributed by atoms with van der Waals surface area (Å²) < 4.78 is 13.0. The van der Waals surface area contributed by atoms with Crippen molar-refractivity contribution >= 4 is 6.09 Å². The maximum Gasteiger partial charge on any atom is 0.422 e. The van der Waals surface area contributed by atoms with Gasteiger partial charge >= 0.3 is 6.09 Å². The van der Waals surface area contributed by atoms with Gasteiger partial charge in [0.1, 0.15) is 5.60 Å². The van der Waals surface area contributed by atoms with Gasteiger partial charge in [0.2, 0.25) is 0 Å². The Morgan fingerprint density at radius 2 is 2.29 bits per heavy atom. The SMILES string of the molecule is [2H][C@@]1(C)CCCN1NC(=O)OC(C)(C)C. The van der Waals surface area contributed by atoms with Crippen molar-refractivity contribution in [1.29, 1.82) is 0 Å². The van der Waals surface area contributed by atoms with Crippen LogP contribution in [0, 0.1) is 0 Å². The molecule has 0 aliphatic carbocycles. The van der Waals surface area contributed by atoms with Gasteiger partial charge in [-0.15, -0.1) is 0 Å². The van der Waals surface area contributed by atoms with E-state index in [0.717, 1.165) is 12.8 Å². The zero-order valence-electron chi connectivity index (χ0n) is 10.4. The molecule has 14 heavy (non-hydrogen) atoms. The van der Waals surface area contributed by atoms with E-state index in [2.05, 4.69) is 5.43 Å². The lowest BCUT2D eigenvalue weighted by molar-refractivity contribution is 0.0318. The van der Waals surface area contributed by atoms with Crippen LogP contribution in [0.3, 0.4) is 0 Å². The smallest absolute Gasteiger partial charge is 0.422 e. The molecule has 1 saturated heterocycles. The average Bonchev–Trinajstić information content (AvgIpc) is 2.26. The van der Waals surface area contributed by atoms with Gasteiger partial charge in [-0.1, -0.05) is 0 Å². The molecule has 1 fully saturated rings. The number of carbonyl (C=O) groups excluding carboxylic acids is 1. The summed E-state index contributed by atoms with van der Waals surface area (Å²) in [5.41, 5.74) is 2.11. The van der Waals surface area contributed by atoms with Crippen LogP contribution in [0.4, 0.5) is 4.79 Å². The summed E-state index contributed by atoms with van der Waals surface area (Å²) in [5, 5.41) is 1.63. The molecule has 1 heterocycles. The highest BCUT2D eigenvalue weighted by atomic mass is 16.6. The molecule has 4 heteroatoms. The number of nitrogens with one attached hydrogen (secondary N) is 1. The van der Waals surface area contributed by atoms with E-state index in [1.165, 1.54) is 0 Å². The highest BCUT2D eigenvalue weighted by Crippen LogP contribution is 2.14. The van der Waals surface area contributed by atoms with E-state index in [1.807, 2.05) is 20.8 Å². The summed E-state index contributed by atoms with van der Waals surface area (Å²) in [6.45, 7) is 7.94. The number of nitrogens with zero attached hydrogens (tertiary/aromatic N) is 1. The fourth-order valence-electron chi connectivity index (χ4n) is 1.38. The van der Waals surface area contributed by atoms with E-state index in [4.69, 9.17) is 6.11 Å². The Bertz CT molecular complexity index is 248. The van der Waals surface area contributed by atoms with Crippen molar-refractivity contribution < 1.29 is 10.9 Å². The number of ether oxygens (including phenoxy) is 1. The van der Waals surface area contributed by atoms with Crippen LogP contribution in [-0.2, 0) is 4.74 Å². The van der Waals surface area contributed by atoms with Gasteiger partial charge in [0.05, 0.1) is 0 Å². The maximum absolute atomic E-state index is 11.4. The number of amides is 1. The molecule has 1 aliphatic rings. The van der Waals surface area contributed by atoms with Gasteiger partial charge in [0.15, 0.2) is 0 Å². The number of hydrazine groups is 1. The first-order valence-electron chi connectivity index (χ1n) is 5.48. The average molecular weight is 201 g/mol. The number of carbonyl (C=O) groups is 1. The molecule has 0 aromatic heterocycles. The summed E-state index contributed by atoms with van der Waals surface area (Å²) in [6.07, 6.45) is 1.21. The molecule has 1 rings (SSSR count). The van der Waals surface area contributed by atoms with Crippen LogP contribution in [0.2, 0.25) is 0 Å². The van der Waals surface area contributed by atoms with Crippen LogP contribution in [-0.4, -0.2) is 29.3 Å². The van der Waals surface area contributed by atoms with Gasteiger partial charge in [0.25, 0.3) is 0 Å². The second-order valence-electron chi connectivity index (χ2n) is 4.60. The number of hydrogen-bond donors (Lipinski definition) is 1.